The number of primary amides is 1. The number of aromatic nitrogens is 1. The van der Waals surface area contributed by atoms with Crippen LogP contribution in [0.1, 0.15) is 17.3 Å². The third-order valence-corrected chi connectivity index (χ3v) is 4.88. The van der Waals surface area contributed by atoms with Crippen LogP contribution in [0.5, 0.6) is 5.75 Å². The van der Waals surface area contributed by atoms with E-state index in [0.717, 1.165) is 22.8 Å². The molecular formula is C23H21N3O3. The number of nitrogens with two attached hydrogens (primary N) is 1. The normalized spacial score (nSPS) is 10.9. The Morgan fingerprint density at radius 1 is 0.966 bits per heavy atom. The van der Waals surface area contributed by atoms with Crippen molar-refractivity contribution >= 4 is 39.3 Å². The number of carbonyl (C=O) groups excluding carboxylic acids is 2. The van der Waals surface area contributed by atoms with Crippen LogP contribution in [-0.2, 0) is 11.3 Å². The summed E-state index contributed by atoms with van der Waals surface area (Å²) in [7, 11) is 0. The summed E-state index contributed by atoms with van der Waals surface area (Å²) in [5.74, 6) is -0.275. The lowest BCUT2D eigenvalue weighted by Crippen LogP contribution is -2.20. The lowest BCUT2D eigenvalue weighted by molar-refractivity contribution is -0.118. The first-order valence-corrected chi connectivity index (χ1v) is 9.40. The van der Waals surface area contributed by atoms with Gasteiger partial charge >= 0.3 is 0 Å². The third kappa shape index (κ3) is 3.65. The molecule has 3 N–H and O–H groups in total. The van der Waals surface area contributed by atoms with E-state index in [9.17, 15) is 9.59 Å². The van der Waals surface area contributed by atoms with Crippen molar-refractivity contribution in [3.63, 3.8) is 0 Å². The predicted molar refractivity (Wildman–Crippen MR) is 114 cm³/mol. The number of amides is 2. The van der Waals surface area contributed by atoms with Crippen LogP contribution in [0.2, 0.25) is 0 Å². The van der Waals surface area contributed by atoms with Crippen molar-refractivity contribution in [1.82, 2.24) is 4.57 Å². The fraction of sp³-hybridized carbons (Fsp3) is 0.130. The number of anilines is 1. The van der Waals surface area contributed by atoms with Gasteiger partial charge in [0.05, 0.1) is 0 Å². The van der Waals surface area contributed by atoms with E-state index in [4.69, 9.17) is 10.5 Å². The maximum absolute atomic E-state index is 12.3. The molecule has 3 aromatic carbocycles. The summed E-state index contributed by atoms with van der Waals surface area (Å²) >= 11 is 0. The van der Waals surface area contributed by atoms with E-state index in [0.29, 0.717) is 17.0 Å². The lowest BCUT2D eigenvalue weighted by Gasteiger charge is -2.08. The monoisotopic (exact) mass is 387 g/mol. The topological polar surface area (TPSA) is 86.3 Å². The number of carbonyl (C=O) groups is 2. The molecule has 0 unspecified atom stereocenters. The molecule has 0 atom stereocenters. The molecule has 4 aromatic rings. The predicted octanol–water partition coefficient (Wildman–Crippen LogP) is 3.93. The van der Waals surface area contributed by atoms with Gasteiger partial charge in [-0.1, -0.05) is 18.2 Å². The first-order chi connectivity index (χ1) is 14.1. The zero-order valence-electron chi connectivity index (χ0n) is 16.0. The van der Waals surface area contributed by atoms with Crippen LogP contribution in [0.15, 0.2) is 66.7 Å². The lowest BCUT2D eigenvalue weighted by atomic mass is 10.1. The highest BCUT2D eigenvalue weighted by atomic mass is 16.5. The van der Waals surface area contributed by atoms with Gasteiger partial charge in [0, 0.05) is 39.6 Å². The second-order valence-corrected chi connectivity index (χ2v) is 6.72. The van der Waals surface area contributed by atoms with E-state index < -0.39 is 5.91 Å². The van der Waals surface area contributed by atoms with E-state index in [1.807, 2.05) is 30.3 Å². The molecule has 1 heterocycles. The zero-order valence-corrected chi connectivity index (χ0v) is 16.0. The number of nitrogens with one attached hydrogen (secondary N) is 1. The van der Waals surface area contributed by atoms with Crippen LogP contribution in [-0.4, -0.2) is 23.0 Å². The summed E-state index contributed by atoms with van der Waals surface area (Å²) in [4.78, 5) is 23.4. The Balaban J connectivity index is 1.49. The average molecular weight is 387 g/mol. The van der Waals surface area contributed by atoms with Crippen molar-refractivity contribution in [2.75, 3.05) is 11.9 Å². The minimum Gasteiger partial charge on any atom is -0.484 e. The molecule has 0 aliphatic heterocycles. The summed E-state index contributed by atoms with van der Waals surface area (Å²) in [6, 6.07) is 20.5. The molecule has 0 saturated carbocycles. The minimum atomic E-state index is -0.505. The zero-order chi connectivity index (χ0) is 20.4. The molecule has 0 radical (unpaired) electrons. The van der Waals surface area contributed by atoms with Crippen molar-refractivity contribution in [1.29, 1.82) is 0 Å². The number of rotatable bonds is 6. The highest BCUT2D eigenvalue weighted by molar-refractivity contribution is 6.09. The minimum absolute atomic E-state index is 0.134. The molecule has 0 fully saturated rings. The molecule has 0 spiro atoms. The van der Waals surface area contributed by atoms with Crippen LogP contribution >= 0.6 is 0 Å². The molecule has 2 amide bonds. The van der Waals surface area contributed by atoms with Crippen molar-refractivity contribution < 1.29 is 14.3 Å². The van der Waals surface area contributed by atoms with Crippen LogP contribution < -0.4 is 15.8 Å². The number of fused-ring (bicyclic) bond motifs is 3. The molecule has 1 aromatic heterocycles. The number of para-hydroxylation sites is 1. The van der Waals surface area contributed by atoms with Crippen molar-refractivity contribution in [3.05, 3.63) is 72.3 Å². The second-order valence-electron chi connectivity index (χ2n) is 6.72. The van der Waals surface area contributed by atoms with Gasteiger partial charge in [-0.3, -0.25) is 9.59 Å². The standard InChI is InChI=1S/C23H21N3O3/c1-2-26-20-6-4-3-5-18(20)19-13-16(9-12-21(19)26)25-22(27)14-29-17-10-7-15(8-11-17)23(24)28/h3-13H,2,14H2,1H3,(H2,24,28)(H,25,27). The number of hydrogen-bond donors (Lipinski definition) is 2. The molecule has 0 bridgehead atoms. The molecule has 29 heavy (non-hydrogen) atoms. The van der Waals surface area contributed by atoms with Crippen LogP contribution in [0.25, 0.3) is 21.8 Å². The SMILES string of the molecule is CCn1c2ccccc2c2cc(NC(=O)COc3ccc(C(N)=O)cc3)ccc21. The first kappa shape index (κ1) is 18.6. The van der Waals surface area contributed by atoms with Crippen molar-refractivity contribution in [2.45, 2.75) is 13.5 Å². The Bertz CT molecular complexity index is 1210. The van der Waals surface area contributed by atoms with Gasteiger partial charge in [0.2, 0.25) is 5.91 Å². The van der Waals surface area contributed by atoms with Gasteiger partial charge < -0.3 is 20.4 Å². The number of ether oxygens (including phenoxy) is 1. The Hall–Kier alpha value is -3.80. The third-order valence-electron chi connectivity index (χ3n) is 4.88. The van der Waals surface area contributed by atoms with E-state index in [2.05, 4.69) is 28.9 Å². The molecule has 0 aliphatic rings. The quantitative estimate of drug-likeness (QED) is 0.526. The maximum atomic E-state index is 12.3. The van der Waals surface area contributed by atoms with Crippen LogP contribution in [0.4, 0.5) is 5.69 Å². The Kier molecular flexibility index (Phi) is 4.91. The Morgan fingerprint density at radius 3 is 2.41 bits per heavy atom. The molecule has 4 rings (SSSR count). The number of hydrogen-bond acceptors (Lipinski definition) is 3. The summed E-state index contributed by atoms with van der Waals surface area (Å²) in [5.41, 5.74) is 8.63. The van der Waals surface area contributed by atoms with Crippen LogP contribution in [0.3, 0.4) is 0 Å². The molecular weight excluding hydrogens is 366 g/mol. The van der Waals surface area contributed by atoms with Gasteiger partial charge in [-0.2, -0.15) is 0 Å². The van der Waals surface area contributed by atoms with Crippen molar-refractivity contribution in [3.8, 4) is 5.75 Å². The number of aryl methyl sites for hydroxylation is 1. The highest BCUT2D eigenvalue weighted by Crippen LogP contribution is 2.30. The summed E-state index contributed by atoms with van der Waals surface area (Å²) in [6.07, 6.45) is 0. The molecule has 0 aliphatic carbocycles. The van der Waals surface area contributed by atoms with E-state index in [-0.39, 0.29) is 12.5 Å². The van der Waals surface area contributed by atoms with Gasteiger partial charge in [-0.05, 0) is 55.5 Å². The Morgan fingerprint density at radius 2 is 1.69 bits per heavy atom. The van der Waals surface area contributed by atoms with Gasteiger partial charge in [0.25, 0.3) is 5.91 Å². The van der Waals surface area contributed by atoms with Crippen molar-refractivity contribution in [2.24, 2.45) is 5.73 Å². The van der Waals surface area contributed by atoms with Gasteiger partial charge in [-0.25, -0.2) is 0 Å². The van der Waals surface area contributed by atoms with Gasteiger partial charge in [0.1, 0.15) is 5.75 Å². The highest BCUT2D eigenvalue weighted by Gasteiger charge is 2.11. The maximum Gasteiger partial charge on any atom is 0.262 e. The summed E-state index contributed by atoms with van der Waals surface area (Å²) < 4.78 is 7.74. The molecule has 6 nitrogen and oxygen atoms in total. The Labute approximate surface area is 167 Å². The summed E-state index contributed by atoms with van der Waals surface area (Å²) in [6.45, 7) is 2.86. The molecule has 0 saturated heterocycles. The first-order valence-electron chi connectivity index (χ1n) is 9.40. The largest absolute Gasteiger partial charge is 0.484 e. The number of nitrogens with zero attached hydrogens (tertiary/aromatic N) is 1. The smallest absolute Gasteiger partial charge is 0.262 e. The summed E-state index contributed by atoms with van der Waals surface area (Å²) in [5, 5.41) is 5.14. The van der Waals surface area contributed by atoms with E-state index in [1.165, 1.54) is 5.52 Å². The van der Waals surface area contributed by atoms with Crippen LogP contribution in [0, 0.1) is 0 Å². The fourth-order valence-corrected chi connectivity index (χ4v) is 3.53. The van der Waals surface area contributed by atoms with Gasteiger partial charge in [0.15, 0.2) is 6.61 Å². The fourth-order valence-electron chi connectivity index (χ4n) is 3.53. The number of benzene rings is 3. The van der Waals surface area contributed by atoms with E-state index in [1.54, 1.807) is 24.3 Å². The average Bonchev–Trinajstić information content (AvgIpc) is 3.05. The molecule has 6 heteroatoms. The van der Waals surface area contributed by atoms with Gasteiger partial charge in [-0.15, -0.1) is 0 Å². The second kappa shape index (κ2) is 7.67. The van der Waals surface area contributed by atoms with E-state index >= 15 is 0 Å². The molecule has 146 valence electrons.